The maximum atomic E-state index is 11.4. The van der Waals surface area contributed by atoms with Gasteiger partial charge in [0.15, 0.2) is 0 Å². The number of aliphatic hydroxyl groups excluding tert-OH is 1. The van der Waals surface area contributed by atoms with E-state index < -0.39 is 5.97 Å². The highest BCUT2D eigenvalue weighted by atomic mass is 35.5. The second-order valence-electron chi connectivity index (χ2n) is 3.33. The molecule has 0 saturated heterocycles. The monoisotopic (exact) mass is 268 g/mol. The Morgan fingerprint density at radius 3 is 2.50 bits per heavy atom. The highest BCUT2D eigenvalue weighted by molar-refractivity contribution is 6.30. The Morgan fingerprint density at radius 1 is 1.39 bits per heavy atom. The highest BCUT2D eigenvalue weighted by Gasteiger charge is 2.13. The van der Waals surface area contributed by atoms with Crippen molar-refractivity contribution in [2.24, 2.45) is 10.2 Å². The first-order chi connectivity index (χ1) is 8.54. The van der Waals surface area contributed by atoms with Crippen molar-refractivity contribution in [3.63, 3.8) is 0 Å². The lowest BCUT2D eigenvalue weighted by Crippen LogP contribution is -2.07. The normalized spacial score (nSPS) is 12.4. The van der Waals surface area contributed by atoms with E-state index in [1.165, 1.54) is 6.92 Å². The molecule has 0 unspecified atom stereocenters. The largest absolute Gasteiger partial charge is 0.510 e. The van der Waals surface area contributed by atoms with Gasteiger partial charge in [0, 0.05) is 5.02 Å². The minimum Gasteiger partial charge on any atom is -0.510 e. The predicted octanol–water partition coefficient (Wildman–Crippen LogP) is 3.78. The van der Waals surface area contributed by atoms with Gasteiger partial charge in [-0.05, 0) is 38.1 Å². The Balaban J connectivity index is 2.88. The van der Waals surface area contributed by atoms with Crippen LogP contribution < -0.4 is 0 Å². The number of azo groups is 1. The van der Waals surface area contributed by atoms with Gasteiger partial charge in [0.25, 0.3) is 0 Å². The van der Waals surface area contributed by atoms with E-state index >= 15 is 0 Å². The Hall–Kier alpha value is -1.88. The molecule has 0 fully saturated rings. The van der Waals surface area contributed by atoms with Crippen molar-refractivity contribution in [2.75, 3.05) is 6.61 Å². The summed E-state index contributed by atoms with van der Waals surface area (Å²) in [7, 11) is 0. The molecule has 1 aromatic rings. The molecule has 1 N–H and O–H groups in total. The SMILES string of the molecule is CCOC(=O)C(N=Nc1ccc(Cl)cc1)=C(C)O. The van der Waals surface area contributed by atoms with Crippen LogP contribution in [0.1, 0.15) is 13.8 Å². The van der Waals surface area contributed by atoms with Crippen LogP contribution in [0.5, 0.6) is 0 Å². The highest BCUT2D eigenvalue weighted by Crippen LogP contribution is 2.18. The first-order valence-electron chi connectivity index (χ1n) is 5.29. The molecule has 1 rings (SSSR count). The summed E-state index contributed by atoms with van der Waals surface area (Å²) in [6.07, 6.45) is 0. The lowest BCUT2D eigenvalue weighted by Gasteiger charge is -2.01. The lowest BCUT2D eigenvalue weighted by molar-refractivity contribution is -0.138. The second kappa shape index (κ2) is 6.76. The fourth-order valence-corrected chi connectivity index (χ4v) is 1.20. The van der Waals surface area contributed by atoms with Crippen LogP contribution in [0.15, 0.2) is 46.0 Å². The molecule has 0 bridgehead atoms. The molecular weight excluding hydrogens is 256 g/mol. The zero-order valence-electron chi connectivity index (χ0n) is 10.1. The van der Waals surface area contributed by atoms with Crippen LogP contribution in [0.2, 0.25) is 5.02 Å². The maximum Gasteiger partial charge on any atom is 0.362 e. The number of ether oxygens (including phenoxy) is 1. The molecule has 1 aromatic carbocycles. The average Bonchev–Trinajstić information content (AvgIpc) is 2.31. The van der Waals surface area contributed by atoms with Crippen LogP contribution in [0.4, 0.5) is 5.69 Å². The number of hydrogen-bond donors (Lipinski definition) is 1. The van der Waals surface area contributed by atoms with Crippen molar-refractivity contribution in [2.45, 2.75) is 13.8 Å². The zero-order valence-corrected chi connectivity index (χ0v) is 10.8. The number of benzene rings is 1. The van der Waals surface area contributed by atoms with Gasteiger partial charge in [0.1, 0.15) is 5.76 Å². The maximum absolute atomic E-state index is 11.4. The van der Waals surface area contributed by atoms with Gasteiger partial charge < -0.3 is 9.84 Å². The molecule has 18 heavy (non-hydrogen) atoms. The minimum atomic E-state index is -0.713. The van der Waals surface area contributed by atoms with E-state index in [2.05, 4.69) is 10.2 Å². The van der Waals surface area contributed by atoms with Gasteiger partial charge in [0.05, 0.1) is 12.3 Å². The first kappa shape index (κ1) is 14.2. The predicted molar refractivity (Wildman–Crippen MR) is 67.9 cm³/mol. The number of aliphatic hydroxyl groups is 1. The molecule has 0 aliphatic rings. The van der Waals surface area contributed by atoms with Crippen LogP contribution in [-0.4, -0.2) is 17.7 Å². The Bertz CT molecular complexity index is 477. The molecule has 0 aromatic heterocycles. The number of hydrogen-bond acceptors (Lipinski definition) is 5. The minimum absolute atomic E-state index is 0.200. The van der Waals surface area contributed by atoms with E-state index in [0.29, 0.717) is 10.7 Å². The number of carbonyl (C=O) groups is 1. The van der Waals surface area contributed by atoms with Gasteiger partial charge >= 0.3 is 5.97 Å². The lowest BCUT2D eigenvalue weighted by atomic mass is 10.3. The molecule has 0 radical (unpaired) electrons. The molecule has 5 nitrogen and oxygen atoms in total. The summed E-state index contributed by atoms with van der Waals surface area (Å²) in [4.78, 5) is 11.4. The van der Waals surface area contributed by atoms with Gasteiger partial charge in [-0.1, -0.05) is 11.6 Å². The Labute approximate surface area is 110 Å². The van der Waals surface area contributed by atoms with E-state index in [9.17, 15) is 9.90 Å². The fraction of sp³-hybridized carbons (Fsp3) is 0.250. The van der Waals surface area contributed by atoms with Crippen LogP contribution in [0.25, 0.3) is 0 Å². The van der Waals surface area contributed by atoms with Gasteiger partial charge in [-0.25, -0.2) is 4.79 Å². The van der Waals surface area contributed by atoms with Gasteiger partial charge in [0.2, 0.25) is 5.70 Å². The quantitative estimate of drug-likeness (QED) is 0.391. The number of nitrogens with zero attached hydrogens (tertiary/aromatic N) is 2. The fourth-order valence-electron chi connectivity index (χ4n) is 1.08. The van der Waals surface area contributed by atoms with Crippen molar-refractivity contribution in [3.8, 4) is 0 Å². The molecule has 6 heteroatoms. The summed E-state index contributed by atoms with van der Waals surface area (Å²) in [5.74, 6) is -0.957. The molecule has 96 valence electrons. The number of halogens is 1. The smallest absolute Gasteiger partial charge is 0.362 e. The zero-order chi connectivity index (χ0) is 13.5. The van der Waals surface area contributed by atoms with Crippen molar-refractivity contribution >= 4 is 23.3 Å². The van der Waals surface area contributed by atoms with Gasteiger partial charge in [-0.3, -0.25) is 0 Å². The molecule has 0 amide bonds. The van der Waals surface area contributed by atoms with E-state index in [1.807, 2.05) is 0 Å². The second-order valence-corrected chi connectivity index (χ2v) is 3.77. The van der Waals surface area contributed by atoms with Gasteiger partial charge in [-0.2, -0.15) is 5.11 Å². The summed E-state index contributed by atoms with van der Waals surface area (Å²) in [5.41, 5.74) is 0.300. The Morgan fingerprint density at radius 2 is 2.00 bits per heavy atom. The van der Waals surface area contributed by atoms with Crippen molar-refractivity contribution in [1.29, 1.82) is 0 Å². The van der Waals surface area contributed by atoms with E-state index in [4.69, 9.17) is 16.3 Å². The van der Waals surface area contributed by atoms with Crippen LogP contribution >= 0.6 is 11.6 Å². The summed E-state index contributed by atoms with van der Waals surface area (Å²) in [5, 5.41) is 17.4. The topological polar surface area (TPSA) is 71.2 Å². The molecule has 0 spiro atoms. The third-order valence-corrected chi connectivity index (χ3v) is 2.16. The number of rotatable bonds is 4. The summed E-state index contributed by atoms with van der Waals surface area (Å²) >= 11 is 5.72. The first-order valence-corrected chi connectivity index (χ1v) is 5.66. The van der Waals surface area contributed by atoms with Crippen molar-refractivity contribution in [1.82, 2.24) is 0 Å². The summed E-state index contributed by atoms with van der Waals surface area (Å²) in [6, 6.07) is 6.58. The standard InChI is InChI=1S/C12H13ClN2O3/c1-3-18-12(17)11(8(2)16)15-14-10-6-4-9(13)5-7-10/h4-7,16H,3H2,1-2H3. The third-order valence-electron chi connectivity index (χ3n) is 1.90. The van der Waals surface area contributed by atoms with Gasteiger partial charge in [-0.15, -0.1) is 5.11 Å². The molecule has 0 aliphatic carbocycles. The van der Waals surface area contributed by atoms with Crippen molar-refractivity contribution < 1.29 is 14.6 Å². The van der Waals surface area contributed by atoms with Crippen LogP contribution in [0, 0.1) is 0 Å². The summed E-state index contributed by atoms with van der Waals surface area (Å²) in [6.45, 7) is 3.21. The molecule has 0 aliphatic heterocycles. The van der Waals surface area contributed by atoms with Crippen LogP contribution in [0.3, 0.4) is 0 Å². The summed E-state index contributed by atoms with van der Waals surface area (Å²) < 4.78 is 4.74. The van der Waals surface area contributed by atoms with E-state index in [1.54, 1.807) is 31.2 Å². The average molecular weight is 269 g/mol. The Kier molecular flexibility index (Phi) is 5.32. The molecule has 0 saturated carbocycles. The number of esters is 1. The third kappa shape index (κ3) is 4.18. The molecule has 0 atom stereocenters. The number of allylic oxidation sites excluding steroid dienone is 1. The molecule has 0 heterocycles. The van der Waals surface area contributed by atoms with E-state index in [-0.39, 0.29) is 18.1 Å². The van der Waals surface area contributed by atoms with E-state index in [0.717, 1.165) is 0 Å². The number of carbonyl (C=O) groups excluding carboxylic acids is 1. The van der Waals surface area contributed by atoms with Crippen LogP contribution in [-0.2, 0) is 9.53 Å². The van der Waals surface area contributed by atoms with Crippen molar-refractivity contribution in [3.05, 3.63) is 40.7 Å². The molecular formula is C12H13ClN2O3.